The first-order valence-electron chi connectivity index (χ1n) is 10.6. The number of rotatable bonds is 5. The number of nitrogens with zero attached hydrogens (tertiary/aromatic N) is 1. The average molecular weight is 509 g/mol. The predicted octanol–water partition coefficient (Wildman–Crippen LogP) is 6.55. The molecule has 1 saturated carbocycles. The second kappa shape index (κ2) is 8.87. The van der Waals surface area contributed by atoms with Gasteiger partial charge in [0.05, 0.1) is 14.6 Å². The van der Waals surface area contributed by atoms with Crippen molar-refractivity contribution in [3.8, 4) is 11.8 Å². The third-order valence-electron chi connectivity index (χ3n) is 5.79. The Labute approximate surface area is 208 Å². The van der Waals surface area contributed by atoms with Gasteiger partial charge in [-0.3, -0.25) is 10.1 Å². The lowest BCUT2D eigenvalue weighted by Gasteiger charge is -2.14. The van der Waals surface area contributed by atoms with E-state index in [0.717, 1.165) is 29.6 Å². The SMILES string of the molecule is Cc1snc(C#Cc2cc3cc(C4(C(=O)O)CC4)sc3s2)c1NC(=O)OC(C)c1ccccc1. The normalized spacial score (nSPS) is 14.8. The van der Waals surface area contributed by atoms with E-state index in [-0.39, 0.29) is 6.10 Å². The molecule has 0 aliphatic heterocycles. The van der Waals surface area contributed by atoms with Gasteiger partial charge >= 0.3 is 12.1 Å². The van der Waals surface area contributed by atoms with Crippen molar-refractivity contribution in [2.45, 2.75) is 38.2 Å². The van der Waals surface area contributed by atoms with Gasteiger partial charge in [-0.25, -0.2) is 4.79 Å². The minimum absolute atomic E-state index is 0.387. The van der Waals surface area contributed by atoms with Gasteiger partial charge < -0.3 is 9.84 Å². The zero-order valence-corrected chi connectivity index (χ0v) is 20.8. The van der Waals surface area contributed by atoms with Crippen LogP contribution in [-0.2, 0) is 14.9 Å². The molecule has 0 bridgehead atoms. The second-order valence-corrected chi connectivity index (χ2v) is 11.5. The van der Waals surface area contributed by atoms with E-state index >= 15 is 0 Å². The Bertz CT molecular complexity index is 1420. The van der Waals surface area contributed by atoms with Crippen LogP contribution in [0.4, 0.5) is 10.5 Å². The summed E-state index contributed by atoms with van der Waals surface area (Å²) >= 11 is 4.35. The summed E-state index contributed by atoms with van der Waals surface area (Å²) in [5, 5.41) is 13.3. The molecule has 6 nitrogen and oxygen atoms in total. The molecule has 1 aliphatic rings. The van der Waals surface area contributed by atoms with Gasteiger partial charge in [-0.05, 0) is 67.8 Å². The number of fused-ring (bicyclic) bond motifs is 1. The molecule has 0 radical (unpaired) electrons. The molecule has 172 valence electrons. The molecule has 1 atom stereocenters. The van der Waals surface area contributed by atoms with Crippen molar-refractivity contribution in [3.63, 3.8) is 0 Å². The van der Waals surface area contributed by atoms with Gasteiger partial charge in [0.2, 0.25) is 0 Å². The number of benzene rings is 1. The van der Waals surface area contributed by atoms with Crippen LogP contribution in [0.3, 0.4) is 0 Å². The third-order valence-corrected chi connectivity index (χ3v) is 9.05. The standard InChI is InChI=1S/C25H20N2O4S3/c1-14(16-6-4-3-5-7-16)31-24(30)26-21-15(2)34-27-19(21)9-8-18-12-17-13-20(33-22(17)32-18)25(10-11-25)23(28)29/h3-7,12-14H,10-11H2,1-2H3,(H,26,30)(H,28,29). The number of carboxylic acids is 1. The van der Waals surface area contributed by atoms with E-state index in [1.807, 2.05) is 56.3 Å². The Morgan fingerprint density at radius 3 is 2.62 bits per heavy atom. The first-order chi connectivity index (χ1) is 16.4. The summed E-state index contributed by atoms with van der Waals surface area (Å²) in [6, 6.07) is 13.5. The van der Waals surface area contributed by atoms with E-state index in [1.165, 1.54) is 22.9 Å². The molecule has 1 fully saturated rings. The van der Waals surface area contributed by atoms with Crippen LogP contribution in [0.15, 0.2) is 42.5 Å². The number of aromatic nitrogens is 1. The molecular weight excluding hydrogens is 488 g/mol. The third kappa shape index (κ3) is 4.32. The highest BCUT2D eigenvalue weighted by atomic mass is 32.2. The van der Waals surface area contributed by atoms with Crippen LogP contribution in [0.5, 0.6) is 0 Å². The first kappa shape index (κ1) is 22.6. The Balaban J connectivity index is 1.30. The number of anilines is 1. The van der Waals surface area contributed by atoms with Crippen LogP contribution < -0.4 is 5.32 Å². The molecule has 0 spiro atoms. The van der Waals surface area contributed by atoms with E-state index in [2.05, 4.69) is 21.5 Å². The number of ether oxygens (including phenoxy) is 1. The molecule has 1 amide bonds. The molecule has 9 heteroatoms. The average Bonchev–Trinajstić information content (AvgIpc) is 3.26. The highest BCUT2D eigenvalue weighted by Crippen LogP contribution is 2.52. The number of carbonyl (C=O) groups excluding carboxylic acids is 1. The van der Waals surface area contributed by atoms with Crippen molar-refractivity contribution in [2.75, 3.05) is 5.32 Å². The molecule has 3 heterocycles. The maximum absolute atomic E-state index is 12.5. The molecule has 2 N–H and O–H groups in total. The molecule has 4 aromatic rings. The molecule has 0 saturated heterocycles. The summed E-state index contributed by atoms with van der Waals surface area (Å²) in [7, 11) is 0. The fourth-order valence-electron chi connectivity index (χ4n) is 3.64. The number of carbonyl (C=O) groups is 2. The van der Waals surface area contributed by atoms with Gasteiger partial charge in [0.25, 0.3) is 0 Å². The summed E-state index contributed by atoms with van der Waals surface area (Å²) in [6.07, 6.45) is 0.463. The topological polar surface area (TPSA) is 88.5 Å². The van der Waals surface area contributed by atoms with Crippen LogP contribution in [0, 0.1) is 18.8 Å². The Kier molecular flexibility index (Phi) is 5.90. The van der Waals surface area contributed by atoms with Crippen LogP contribution in [-0.4, -0.2) is 21.5 Å². The highest BCUT2D eigenvalue weighted by molar-refractivity contribution is 7.38. The smallest absolute Gasteiger partial charge is 0.412 e. The number of amides is 1. The second-order valence-electron chi connectivity index (χ2n) is 8.15. The van der Waals surface area contributed by atoms with Crippen molar-refractivity contribution in [1.82, 2.24) is 4.37 Å². The van der Waals surface area contributed by atoms with E-state index in [9.17, 15) is 14.7 Å². The fraction of sp³-hybridized carbons (Fsp3) is 0.240. The first-order valence-corrected chi connectivity index (χ1v) is 13.0. The van der Waals surface area contributed by atoms with Crippen LogP contribution in [0.25, 0.3) is 9.40 Å². The van der Waals surface area contributed by atoms with Crippen molar-refractivity contribution in [2.24, 2.45) is 0 Å². The maximum Gasteiger partial charge on any atom is 0.412 e. The van der Waals surface area contributed by atoms with Crippen LogP contribution in [0.2, 0.25) is 0 Å². The van der Waals surface area contributed by atoms with E-state index < -0.39 is 17.5 Å². The van der Waals surface area contributed by atoms with Gasteiger partial charge in [-0.1, -0.05) is 30.3 Å². The number of thiophene rings is 2. The van der Waals surface area contributed by atoms with Gasteiger partial charge in [0, 0.05) is 15.1 Å². The van der Waals surface area contributed by atoms with E-state index in [1.54, 1.807) is 11.3 Å². The molecule has 1 aliphatic carbocycles. The molecule has 5 rings (SSSR count). The number of nitrogens with one attached hydrogen (secondary N) is 1. The number of aliphatic carboxylic acids is 1. The molecule has 34 heavy (non-hydrogen) atoms. The monoisotopic (exact) mass is 508 g/mol. The van der Waals surface area contributed by atoms with Gasteiger partial charge in [-0.2, -0.15) is 4.37 Å². The molecular formula is C25H20N2O4S3. The van der Waals surface area contributed by atoms with Gasteiger partial charge in [0.1, 0.15) is 11.5 Å². The van der Waals surface area contributed by atoms with Gasteiger partial charge in [-0.15, -0.1) is 22.7 Å². The lowest BCUT2D eigenvalue weighted by atomic mass is 10.1. The largest absolute Gasteiger partial charge is 0.481 e. The summed E-state index contributed by atoms with van der Waals surface area (Å²) in [6.45, 7) is 3.70. The van der Waals surface area contributed by atoms with Crippen molar-refractivity contribution < 1.29 is 19.4 Å². The summed E-state index contributed by atoms with van der Waals surface area (Å²) < 4.78 is 11.0. The van der Waals surface area contributed by atoms with Crippen LogP contribution >= 0.6 is 34.2 Å². The quantitative estimate of drug-likeness (QED) is 0.298. The Hall–Kier alpha value is -3.19. The van der Waals surface area contributed by atoms with E-state index in [4.69, 9.17) is 4.74 Å². The highest BCUT2D eigenvalue weighted by Gasteiger charge is 2.53. The Morgan fingerprint density at radius 1 is 1.18 bits per heavy atom. The summed E-state index contributed by atoms with van der Waals surface area (Å²) in [5.41, 5.74) is 1.28. The number of hydrogen-bond donors (Lipinski definition) is 2. The zero-order valence-electron chi connectivity index (χ0n) is 18.4. The minimum Gasteiger partial charge on any atom is -0.481 e. The summed E-state index contributed by atoms with van der Waals surface area (Å²) in [4.78, 5) is 26.7. The number of hydrogen-bond acceptors (Lipinski definition) is 7. The van der Waals surface area contributed by atoms with Gasteiger partial charge in [0.15, 0.2) is 5.69 Å². The van der Waals surface area contributed by atoms with Crippen LogP contribution in [0.1, 0.15) is 51.8 Å². The lowest BCUT2D eigenvalue weighted by Crippen LogP contribution is -2.17. The zero-order chi connectivity index (χ0) is 23.9. The molecule has 1 aromatic carbocycles. The molecule has 3 aromatic heterocycles. The van der Waals surface area contributed by atoms with Crippen molar-refractivity contribution in [3.05, 3.63) is 68.4 Å². The van der Waals surface area contributed by atoms with E-state index in [0.29, 0.717) is 24.2 Å². The minimum atomic E-state index is -0.739. The lowest BCUT2D eigenvalue weighted by molar-refractivity contribution is -0.139. The number of aryl methyl sites for hydroxylation is 1. The predicted molar refractivity (Wildman–Crippen MR) is 136 cm³/mol. The summed E-state index contributed by atoms with van der Waals surface area (Å²) in [5.74, 6) is 5.47. The van der Waals surface area contributed by atoms with Crippen molar-refractivity contribution in [1.29, 1.82) is 0 Å². The maximum atomic E-state index is 12.5. The van der Waals surface area contributed by atoms with Crippen molar-refractivity contribution >= 4 is 61.4 Å². The number of carboxylic acid groups (broad SMARTS) is 1. The fourth-order valence-corrected chi connectivity index (χ4v) is 6.78. The Morgan fingerprint density at radius 2 is 1.94 bits per heavy atom. The molecule has 1 unspecified atom stereocenters.